The zero-order chi connectivity index (χ0) is 14.2. The van der Waals surface area contributed by atoms with Crippen molar-refractivity contribution >= 4 is 0 Å². The molecule has 0 radical (unpaired) electrons. The molecule has 2 N–H and O–H groups in total. The molecule has 1 saturated heterocycles. The van der Waals surface area contributed by atoms with E-state index in [1.807, 2.05) is 45.3 Å². The molecule has 0 atom stereocenters. The third-order valence-corrected chi connectivity index (χ3v) is 2.81. The van der Waals surface area contributed by atoms with Gasteiger partial charge in [0, 0.05) is 24.9 Å². The minimum absolute atomic E-state index is 0.997. The van der Waals surface area contributed by atoms with Crippen LogP contribution in [0.25, 0.3) is 0 Å². The van der Waals surface area contributed by atoms with Gasteiger partial charge in [0.25, 0.3) is 0 Å². The maximum absolute atomic E-state index is 4.18. The number of hydrogen-bond acceptors (Lipinski definition) is 3. The highest BCUT2D eigenvalue weighted by atomic mass is 14.8. The lowest BCUT2D eigenvalue weighted by molar-refractivity contribution is 0.702. The molecule has 3 heteroatoms. The number of aromatic nitrogens is 1. The Bertz CT molecular complexity index is 242. The topological polar surface area (TPSA) is 37.0 Å². The molecule has 0 unspecified atom stereocenters. The van der Waals surface area contributed by atoms with E-state index < -0.39 is 0 Å². The van der Waals surface area contributed by atoms with Crippen LogP contribution in [0.4, 0.5) is 0 Å². The van der Waals surface area contributed by atoms with Gasteiger partial charge in [-0.1, -0.05) is 32.8 Å². The van der Waals surface area contributed by atoms with Crippen LogP contribution < -0.4 is 10.6 Å². The fraction of sp³-hybridized carbons (Fsp3) is 0.688. The molecule has 2 heterocycles. The highest BCUT2D eigenvalue weighted by Crippen LogP contribution is 2.00. The number of pyridine rings is 1. The van der Waals surface area contributed by atoms with Crippen LogP contribution in [-0.2, 0) is 6.42 Å². The zero-order valence-corrected chi connectivity index (χ0v) is 12.9. The monoisotopic (exact) mass is 265 g/mol. The Labute approximate surface area is 119 Å². The van der Waals surface area contributed by atoms with Gasteiger partial charge < -0.3 is 10.6 Å². The van der Waals surface area contributed by atoms with Crippen molar-refractivity contribution in [2.45, 2.75) is 46.0 Å². The first-order chi connectivity index (χ1) is 9.43. The van der Waals surface area contributed by atoms with E-state index in [0.29, 0.717) is 0 Å². The second kappa shape index (κ2) is 15.1. The molecule has 1 aliphatic heterocycles. The lowest BCUT2D eigenvalue weighted by atomic mass is 10.2. The van der Waals surface area contributed by atoms with E-state index >= 15 is 0 Å². The van der Waals surface area contributed by atoms with Crippen molar-refractivity contribution < 1.29 is 0 Å². The van der Waals surface area contributed by atoms with Gasteiger partial charge in [-0.25, -0.2) is 0 Å². The van der Waals surface area contributed by atoms with E-state index in [1.54, 1.807) is 0 Å². The quantitative estimate of drug-likeness (QED) is 0.882. The summed E-state index contributed by atoms with van der Waals surface area (Å²) in [7, 11) is 1.95. The lowest BCUT2D eigenvalue weighted by Crippen LogP contribution is -2.12. The predicted octanol–water partition coefficient (Wildman–Crippen LogP) is 3.02. The molecule has 0 aliphatic carbocycles. The summed E-state index contributed by atoms with van der Waals surface area (Å²) in [5.41, 5.74) is 1.15. The molecule has 0 saturated carbocycles. The average Bonchev–Trinajstić information content (AvgIpc) is 2.81. The first kappa shape index (κ1) is 18.1. The molecule has 19 heavy (non-hydrogen) atoms. The van der Waals surface area contributed by atoms with Gasteiger partial charge in [0.2, 0.25) is 0 Å². The van der Waals surface area contributed by atoms with Crippen molar-refractivity contribution in [3.63, 3.8) is 0 Å². The van der Waals surface area contributed by atoms with Gasteiger partial charge in [-0.05, 0) is 45.1 Å². The van der Waals surface area contributed by atoms with Gasteiger partial charge in [-0.15, -0.1) is 0 Å². The Morgan fingerprint density at radius 1 is 1.11 bits per heavy atom. The molecule has 1 fully saturated rings. The number of rotatable bonds is 3. The number of nitrogens with zero attached hydrogens (tertiary/aromatic N) is 1. The Hall–Kier alpha value is -0.930. The van der Waals surface area contributed by atoms with E-state index in [2.05, 4.69) is 15.6 Å². The first-order valence-electron chi connectivity index (χ1n) is 7.68. The minimum Gasteiger partial charge on any atom is -0.319 e. The standard InChI is InChI=1S/C8H12N2.C6H13N.C2H6/c1-9-7-5-8-4-2-3-6-10-8;1-2-4-6-7-5-3-1;1-2/h2-4,6,9H,5,7H2,1H3;7H,1-6H2;1-2H3. The second-order valence-corrected chi connectivity index (χ2v) is 4.34. The molecular formula is C16H31N3. The summed E-state index contributed by atoms with van der Waals surface area (Å²) < 4.78 is 0. The Balaban J connectivity index is 0.000000316. The maximum Gasteiger partial charge on any atom is 0.0416 e. The third kappa shape index (κ3) is 11.9. The SMILES string of the molecule is C1CCCNCC1.CC.CNCCc1ccccn1. The fourth-order valence-electron chi connectivity index (χ4n) is 1.78. The number of hydrogen-bond donors (Lipinski definition) is 2. The van der Waals surface area contributed by atoms with E-state index in [4.69, 9.17) is 0 Å². The van der Waals surface area contributed by atoms with Crippen LogP contribution >= 0.6 is 0 Å². The first-order valence-corrected chi connectivity index (χ1v) is 7.68. The average molecular weight is 265 g/mol. The molecule has 1 aromatic heterocycles. The van der Waals surface area contributed by atoms with Crippen molar-refractivity contribution in [1.29, 1.82) is 0 Å². The molecule has 2 rings (SSSR count). The van der Waals surface area contributed by atoms with Gasteiger partial charge >= 0.3 is 0 Å². The van der Waals surface area contributed by atoms with Gasteiger partial charge in [0.05, 0.1) is 0 Å². The van der Waals surface area contributed by atoms with Crippen LogP contribution in [0.15, 0.2) is 24.4 Å². The van der Waals surface area contributed by atoms with Crippen LogP contribution in [0.2, 0.25) is 0 Å². The Morgan fingerprint density at radius 3 is 2.32 bits per heavy atom. The highest BCUT2D eigenvalue weighted by molar-refractivity contribution is 5.03. The summed E-state index contributed by atoms with van der Waals surface area (Å²) in [6.07, 6.45) is 8.49. The minimum atomic E-state index is 0.997. The van der Waals surface area contributed by atoms with Gasteiger partial charge in [0.15, 0.2) is 0 Å². The summed E-state index contributed by atoms with van der Waals surface area (Å²) in [6, 6.07) is 5.98. The van der Waals surface area contributed by atoms with Crippen LogP contribution in [0.5, 0.6) is 0 Å². The van der Waals surface area contributed by atoms with Crippen molar-refractivity contribution in [2.24, 2.45) is 0 Å². The fourth-order valence-corrected chi connectivity index (χ4v) is 1.78. The predicted molar refractivity (Wildman–Crippen MR) is 84.6 cm³/mol. The van der Waals surface area contributed by atoms with Crippen molar-refractivity contribution in [1.82, 2.24) is 15.6 Å². The second-order valence-electron chi connectivity index (χ2n) is 4.34. The van der Waals surface area contributed by atoms with Gasteiger partial charge in [0.1, 0.15) is 0 Å². The Kier molecular flexibility index (Phi) is 14.4. The smallest absolute Gasteiger partial charge is 0.0416 e. The van der Waals surface area contributed by atoms with Crippen LogP contribution in [0.1, 0.15) is 45.2 Å². The van der Waals surface area contributed by atoms with E-state index in [1.165, 1.54) is 38.8 Å². The van der Waals surface area contributed by atoms with Crippen molar-refractivity contribution in [3.05, 3.63) is 30.1 Å². The molecule has 0 aromatic carbocycles. The molecule has 0 spiro atoms. The third-order valence-electron chi connectivity index (χ3n) is 2.81. The lowest BCUT2D eigenvalue weighted by Gasteiger charge is -1.96. The zero-order valence-electron chi connectivity index (χ0n) is 12.9. The largest absolute Gasteiger partial charge is 0.319 e. The van der Waals surface area contributed by atoms with E-state index in [-0.39, 0.29) is 0 Å². The summed E-state index contributed by atoms with van der Waals surface area (Å²) in [4.78, 5) is 4.18. The Morgan fingerprint density at radius 2 is 1.79 bits per heavy atom. The van der Waals surface area contributed by atoms with Gasteiger partial charge in [-0.3, -0.25) is 4.98 Å². The van der Waals surface area contributed by atoms with Crippen LogP contribution in [0.3, 0.4) is 0 Å². The maximum atomic E-state index is 4.18. The van der Waals surface area contributed by atoms with Crippen LogP contribution in [0, 0.1) is 0 Å². The molecule has 0 amide bonds. The number of nitrogens with one attached hydrogen (secondary N) is 2. The summed E-state index contributed by atoms with van der Waals surface area (Å²) in [6.45, 7) is 7.50. The number of likely N-dealkylation sites (N-methyl/N-ethyl adjacent to an activating group) is 1. The molecule has 3 nitrogen and oxygen atoms in total. The molecule has 1 aliphatic rings. The molecular weight excluding hydrogens is 234 g/mol. The normalized spacial score (nSPS) is 14.3. The highest BCUT2D eigenvalue weighted by Gasteiger charge is 1.94. The van der Waals surface area contributed by atoms with Crippen molar-refractivity contribution in [3.8, 4) is 0 Å². The van der Waals surface area contributed by atoms with E-state index in [0.717, 1.165) is 18.7 Å². The van der Waals surface area contributed by atoms with Crippen LogP contribution in [-0.4, -0.2) is 31.7 Å². The van der Waals surface area contributed by atoms with E-state index in [9.17, 15) is 0 Å². The van der Waals surface area contributed by atoms with Gasteiger partial charge in [-0.2, -0.15) is 0 Å². The summed E-state index contributed by atoms with van der Waals surface area (Å²) in [5.74, 6) is 0. The summed E-state index contributed by atoms with van der Waals surface area (Å²) >= 11 is 0. The molecule has 110 valence electrons. The van der Waals surface area contributed by atoms with Crippen molar-refractivity contribution in [2.75, 3.05) is 26.7 Å². The summed E-state index contributed by atoms with van der Waals surface area (Å²) in [5, 5.41) is 6.42. The molecule has 1 aromatic rings. The molecule has 0 bridgehead atoms.